The van der Waals surface area contributed by atoms with Crippen LogP contribution in [0.15, 0.2) is 58.4 Å². The van der Waals surface area contributed by atoms with Crippen LogP contribution in [-0.2, 0) is 11.0 Å². The van der Waals surface area contributed by atoms with E-state index in [-0.39, 0.29) is 17.4 Å². The van der Waals surface area contributed by atoms with Gasteiger partial charge in [-0.05, 0) is 37.1 Å². The predicted molar refractivity (Wildman–Crippen MR) is 124 cm³/mol. The van der Waals surface area contributed by atoms with Crippen molar-refractivity contribution in [2.75, 3.05) is 13.1 Å². The third kappa shape index (κ3) is 5.52. The number of halogens is 5. The lowest BCUT2D eigenvalue weighted by atomic mass is 9.97. The van der Waals surface area contributed by atoms with Crippen molar-refractivity contribution in [1.29, 1.82) is 0 Å². The van der Waals surface area contributed by atoms with Crippen molar-refractivity contribution in [1.82, 2.24) is 9.88 Å². The lowest BCUT2D eigenvalue weighted by Gasteiger charge is -2.30. The lowest BCUT2D eigenvalue weighted by molar-refractivity contribution is -0.140. The summed E-state index contributed by atoms with van der Waals surface area (Å²) < 4.78 is 53.7. The molecule has 1 fully saturated rings. The molecule has 1 aliphatic heterocycles. The van der Waals surface area contributed by atoms with Gasteiger partial charge in [-0.25, -0.2) is 9.37 Å². The molecule has 172 valence electrons. The van der Waals surface area contributed by atoms with Gasteiger partial charge in [0.05, 0.1) is 16.3 Å². The fraction of sp³-hybridized carbons (Fsp3) is 0.250. The Morgan fingerprint density at radius 1 is 1.15 bits per heavy atom. The fourth-order valence-electron chi connectivity index (χ4n) is 3.77. The van der Waals surface area contributed by atoms with Gasteiger partial charge >= 0.3 is 6.18 Å². The van der Waals surface area contributed by atoms with Gasteiger partial charge in [0.15, 0.2) is 0 Å². The van der Waals surface area contributed by atoms with Crippen LogP contribution in [0.3, 0.4) is 0 Å². The number of amides is 1. The molecule has 9 heteroatoms. The zero-order valence-electron chi connectivity index (χ0n) is 17.3. The number of thiazole rings is 1. The maximum atomic E-state index is 14.1. The first-order valence-corrected chi connectivity index (χ1v) is 11.9. The molecule has 2 aromatic carbocycles. The molecule has 0 radical (unpaired) electrons. The Labute approximate surface area is 200 Å². The molecule has 3 nitrogen and oxygen atoms in total. The standard InChI is InChI=1S/C24H19BrF4N2OS/c25-18-5-1-4-17(13-18)20-14-33-23(30-20)16-9-11-31(12-10-16)21(32)8-7-15-3-2-6-19(22(15)26)24(27,28)29/h1-8,13-14,16H,9-12H2/b8-7+. The zero-order valence-corrected chi connectivity index (χ0v) is 19.7. The first-order valence-electron chi connectivity index (χ1n) is 10.3. The third-order valence-electron chi connectivity index (χ3n) is 5.54. The Balaban J connectivity index is 1.37. The van der Waals surface area contributed by atoms with Crippen LogP contribution >= 0.6 is 27.3 Å². The lowest BCUT2D eigenvalue weighted by Crippen LogP contribution is -2.36. The molecule has 0 atom stereocenters. The van der Waals surface area contributed by atoms with Gasteiger partial charge in [0.1, 0.15) is 5.82 Å². The number of alkyl halides is 3. The molecule has 4 rings (SSSR count). The number of benzene rings is 2. The van der Waals surface area contributed by atoms with Crippen LogP contribution in [0, 0.1) is 5.82 Å². The monoisotopic (exact) mass is 538 g/mol. The maximum absolute atomic E-state index is 14.1. The molecule has 2 heterocycles. The second-order valence-corrected chi connectivity index (χ2v) is 9.53. The van der Waals surface area contributed by atoms with Gasteiger partial charge in [0, 0.05) is 46.1 Å². The van der Waals surface area contributed by atoms with E-state index in [4.69, 9.17) is 4.98 Å². The van der Waals surface area contributed by atoms with Gasteiger partial charge < -0.3 is 4.90 Å². The molecule has 0 saturated carbocycles. The van der Waals surface area contributed by atoms with Crippen LogP contribution in [0.1, 0.15) is 34.9 Å². The van der Waals surface area contributed by atoms with Crippen molar-refractivity contribution >= 4 is 39.2 Å². The van der Waals surface area contributed by atoms with Gasteiger partial charge in [-0.1, -0.05) is 40.2 Å². The van der Waals surface area contributed by atoms with Gasteiger partial charge in [-0.3, -0.25) is 4.79 Å². The highest BCUT2D eigenvalue weighted by Crippen LogP contribution is 2.34. The molecule has 1 saturated heterocycles. The van der Waals surface area contributed by atoms with Crippen LogP contribution in [0.25, 0.3) is 17.3 Å². The summed E-state index contributed by atoms with van der Waals surface area (Å²) in [5.41, 5.74) is 0.340. The van der Waals surface area contributed by atoms with E-state index in [1.54, 1.807) is 16.2 Å². The average Bonchev–Trinajstić information content (AvgIpc) is 3.28. The summed E-state index contributed by atoms with van der Waals surface area (Å²) in [6, 6.07) is 11.0. The van der Waals surface area contributed by atoms with Crippen molar-refractivity contribution < 1.29 is 22.4 Å². The Hall–Kier alpha value is -2.52. The van der Waals surface area contributed by atoms with Crippen LogP contribution in [-0.4, -0.2) is 28.9 Å². The van der Waals surface area contributed by atoms with E-state index >= 15 is 0 Å². The number of nitrogens with zero attached hydrogens (tertiary/aromatic N) is 2. The number of carbonyl (C=O) groups excluding carboxylic acids is 1. The number of hydrogen-bond acceptors (Lipinski definition) is 3. The largest absolute Gasteiger partial charge is 0.419 e. The van der Waals surface area contributed by atoms with Crippen LogP contribution in [0.4, 0.5) is 17.6 Å². The maximum Gasteiger partial charge on any atom is 0.419 e. The second kappa shape index (κ2) is 9.77. The Morgan fingerprint density at radius 3 is 2.58 bits per heavy atom. The van der Waals surface area contributed by atoms with Crippen molar-refractivity contribution in [2.45, 2.75) is 24.9 Å². The van der Waals surface area contributed by atoms with E-state index in [2.05, 4.69) is 15.9 Å². The van der Waals surface area contributed by atoms with Gasteiger partial charge in [0.25, 0.3) is 0 Å². The van der Waals surface area contributed by atoms with E-state index in [1.165, 1.54) is 6.07 Å². The number of rotatable bonds is 4. The molecule has 1 amide bonds. The van der Waals surface area contributed by atoms with Gasteiger partial charge in [-0.2, -0.15) is 13.2 Å². The smallest absolute Gasteiger partial charge is 0.339 e. The summed E-state index contributed by atoms with van der Waals surface area (Å²) in [4.78, 5) is 18.9. The van der Waals surface area contributed by atoms with E-state index in [0.29, 0.717) is 19.2 Å². The fourth-order valence-corrected chi connectivity index (χ4v) is 5.17. The summed E-state index contributed by atoms with van der Waals surface area (Å²) in [5, 5.41) is 3.06. The molecule has 0 spiro atoms. The molecule has 0 unspecified atom stereocenters. The molecular formula is C24H19BrF4N2OS. The van der Waals surface area contributed by atoms with Crippen LogP contribution < -0.4 is 0 Å². The van der Waals surface area contributed by atoms with E-state index < -0.39 is 17.6 Å². The summed E-state index contributed by atoms with van der Waals surface area (Å²) >= 11 is 5.07. The first-order chi connectivity index (χ1) is 15.7. The SMILES string of the molecule is O=C(/C=C/c1cccc(C(F)(F)F)c1F)N1CCC(c2nc(-c3cccc(Br)c3)cs2)CC1. The first kappa shape index (κ1) is 23.6. The molecule has 3 aromatic rings. The number of aromatic nitrogens is 1. The molecule has 0 N–H and O–H groups in total. The molecule has 33 heavy (non-hydrogen) atoms. The highest BCUT2D eigenvalue weighted by molar-refractivity contribution is 9.10. The third-order valence-corrected chi connectivity index (χ3v) is 7.04. The highest BCUT2D eigenvalue weighted by atomic mass is 79.9. The highest BCUT2D eigenvalue weighted by Gasteiger charge is 2.34. The zero-order chi connectivity index (χ0) is 23.6. The van der Waals surface area contributed by atoms with Crippen molar-refractivity contribution in [2.24, 2.45) is 0 Å². The quantitative estimate of drug-likeness (QED) is 0.261. The summed E-state index contributed by atoms with van der Waals surface area (Å²) in [5.74, 6) is -1.48. The second-order valence-electron chi connectivity index (χ2n) is 7.72. The molecule has 0 bridgehead atoms. The minimum absolute atomic E-state index is 0.241. The average molecular weight is 539 g/mol. The van der Waals surface area contributed by atoms with Crippen molar-refractivity contribution in [3.8, 4) is 11.3 Å². The van der Waals surface area contributed by atoms with E-state index in [1.807, 2.05) is 29.6 Å². The normalized spacial score (nSPS) is 15.4. The topological polar surface area (TPSA) is 33.2 Å². The van der Waals surface area contributed by atoms with Gasteiger partial charge in [0.2, 0.25) is 5.91 Å². The van der Waals surface area contributed by atoms with E-state index in [0.717, 1.165) is 51.8 Å². The van der Waals surface area contributed by atoms with E-state index in [9.17, 15) is 22.4 Å². The van der Waals surface area contributed by atoms with Crippen LogP contribution in [0.5, 0.6) is 0 Å². The van der Waals surface area contributed by atoms with Crippen molar-refractivity contribution in [3.63, 3.8) is 0 Å². The Kier molecular flexibility index (Phi) is 6.99. The number of piperidine rings is 1. The number of hydrogen-bond donors (Lipinski definition) is 0. The minimum Gasteiger partial charge on any atom is -0.339 e. The summed E-state index contributed by atoms with van der Waals surface area (Å²) in [6.07, 6.45) is -1.07. The van der Waals surface area contributed by atoms with Gasteiger partial charge in [-0.15, -0.1) is 11.3 Å². The minimum atomic E-state index is -4.79. The summed E-state index contributed by atoms with van der Waals surface area (Å²) in [7, 11) is 0. The summed E-state index contributed by atoms with van der Waals surface area (Å²) in [6.45, 7) is 1.01. The molecule has 1 aliphatic rings. The molecule has 1 aromatic heterocycles. The Morgan fingerprint density at radius 2 is 1.88 bits per heavy atom. The predicted octanol–water partition coefficient (Wildman–Crippen LogP) is 7.15. The van der Waals surface area contributed by atoms with Crippen LogP contribution in [0.2, 0.25) is 0 Å². The Bertz CT molecular complexity index is 1180. The number of carbonyl (C=O) groups is 1. The van der Waals surface area contributed by atoms with Crippen molar-refractivity contribution in [3.05, 3.63) is 80.3 Å². The molecule has 0 aliphatic carbocycles. The number of likely N-dealkylation sites (tertiary alicyclic amines) is 1. The molecular weight excluding hydrogens is 520 g/mol.